The van der Waals surface area contributed by atoms with Crippen molar-refractivity contribution in [3.63, 3.8) is 0 Å². The number of methoxy groups -OCH3 is 1. The van der Waals surface area contributed by atoms with Crippen LogP contribution in [0.4, 0.5) is 14.9 Å². The predicted molar refractivity (Wildman–Crippen MR) is 142 cm³/mol. The number of tetrazole rings is 1. The molecule has 0 radical (unpaired) electrons. The molecule has 0 aliphatic carbocycles. The number of carbonyl (C=O) groups is 2. The van der Waals surface area contributed by atoms with Crippen LogP contribution in [0.25, 0.3) is 5.69 Å². The number of anilines is 1. The molecule has 202 valence electrons. The number of benzene rings is 3. The Hall–Kier alpha value is -4.80. The van der Waals surface area contributed by atoms with Crippen molar-refractivity contribution >= 4 is 17.7 Å². The van der Waals surface area contributed by atoms with E-state index >= 15 is 0 Å². The van der Waals surface area contributed by atoms with E-state index in [4.69, 9.17) is 9.47 Å². The molecule has 0 aliphatic heterocycles. The quantitative estimate of drug-likeness (QED) is 0.255. The maximum absolute atomic E-state index is 14.6. The molecule has 11 heteroatoms. The van der Waals surface area contributed by atoms with Crippen molar-refractivity contribution < 1.29 is 23.5 Å². The minimum Gasteiger partial charge on any atom is -0.494 e. The standard InChI is InChI=1S/C28H28FN5O5/c1-28(2,3)18-32(21-13-8-12-20(16-21)25(35)39-17-19-10-6-5-7-11-19)26(36)34-27(37)33(30-31-34)24-22(29)14-9-15-23(24)38-4/h5-16H,17-18H2,1-4H3. The number of halogens is 1. The smallest absolute Gasteiger partial charge is 0.377 e. The van der Waals surface area contributed by atoms with Gasteiger partial charge in [-0.1, -0.05) is 63.2 Å². The lowest BCUT2D eigenvalue weighted by Crippen LogP contribution is -2.44. The Kier molecular flexibility index (Phi) is 7.89. The van der Waals surface area contributed by atoms with Gasteiger partial charge in [-0.05, 0) is 51.7 Å². The second-order valence-corrected chi connectivity index (χ2v) is 9.92. The lowest BCUT2D eigenvalue weighted by Gasteiger charge is -2.29. The second-order valence-electron chi connectivity index (χ2n) is 9.92. The van der Waals surface area contributed by atoms with Crippen LogP contribution in [-0.4, -0.2) is 45.4 Å². The topological polar surface area (TPSA) is 109 Å². The number of amides is 1. The first-order valence-electron chi connectivity index (χ1n) is 12.1. The third-order valence-corrected chi connectivity index (χ3v) is 5.61. The van der Waals surface area contributed by atoms with Gasteiger partial charge in [0.25, 0.3) is 0 Å². The molecule has 4 rings (SSSR count). The predicted octanol–water partition coefficient (Wildman–Crippen LogP) is 4.45. The lowest BCUT2D eigenvalue weighted by atomic mass is 9.96. The number of para-hydroxylation sites is 1. The van der Waals surface area contributed by atoms with E-state index < -0.39 is 28.9 Å². The SMILES string of the molecule is COc1cccc(F)c1-n1nnn(C(=O)N(CC(C)(C)C)c2cccc(C(=O)OCc3ccccc3)c2)c1=O. The van der Waals surface area contributed by atoms with Gasteiger partial charge in [0.15, 0.2) is 5.82 Å². The third-order valence-electron chi connectivity index (χ3n) is 5.61. The van der Waals surface area contributed by atoms with Crippen molar-refractivity contribution in [1.82, 2.24) is 19.8 Å². The van der Waals surface area contributed by atoms with E-state index in [0.717, 1.165) is 11.6 Å². The summed E-state index contributed by atoms with van der Waals surface area (Å²) in [5.74, 6) is -1.30. The molecule has 0 N–H and O–H groups in total. The Balaban J connectivity index is 1.67. The molecule has 3 aromatic carbocycles. The molecule has 0 saturated heterocycles. The monoisotopic (exact) mass is 533 g/mol. The molecule has 0 aliphatic rings. The number of esters is 1. The summed E-state index contributed by atoms with van der Waals surface area (Å²) in [4.78, 5) is 40.9. The Labute approximate surface area is 224 Å². The minimum atomic E-state index is -0.985. The fourth-order valence-electron chi connectivity index (χ4n) is 3.84. The van der Waals surface area contributed by atoms with Crippen molar-refractivity contribution in [3.05, 3.63) is 100 Å². The second kappa shape index (κ2) is 11.3. The number of aromatic nitrogens is 4. The van der Waals surface area contributed by atoms with E-state index in [1.807, 2.05) is 51.1 Å². The average molecular weight is 534 g/mol. The Morgan fingerprint density at radius 3 is 2.38 bits per heavy atom. The number of hydrogen-bond donors (Lipinski definition) is 0. The summed E-state index contributed by atoms with van der Waals surface area (Å²) in [5, 5.41) is 7.44. The van der Waals surface area contributed by atoms with Gasteiger partial charge in [-0.2, -0.15) is 4.68 Å². The molecule has 0 spiro atoms. The fourth-order valence-corrected chi connectivity index (χ4v) is 3.84. The van der Waals surface area contributed by atoms with Crippen LogP contribution >= 0.6 is 0 Å². The fraction of sp³-hybridized carbons (Fsp3) is 0.250. The average Bonchev–Trinajstić information content (AvgIpc) is 3.30. The number of nitrogens with zero attached hydrogens (tertiary/aromatic N) is 5. The van der Waals surface area contributed by atoms with E-state index in [1.54, 1.807) is 18.2 Å². The van der Waals surface area contributed by atoms with E-state index in [9.17, 15) is 18.8 Å². The van der Waals surface area contributed by atoms with Gasteiger partial charge < -0.3 is 9.47 Å². The third kappa shape index (κ3) is 6.20. The zero-order valence-corrected chi connectivity index (χ0v) is 22.0. The van der Waals surface area contributed by atoms with Crippen molar-refractivity contribution in [2.45, 2.75) is 27.4 Å². The molecular weight excluding hydrogens is 505 g/mol. The summed E-state index contributed by atoms with van der Waals surface area (Å²) in [7, 11) is 1.32. The van der Waals surface area contributed by atoms with Gasteiger partial charge in [-0.3, -0.25) is 4.90 Å². The normalized spacial score (nSPS) is 11.2. The number of rotatable bonds is 7. The molecule has 0 bridgehead atoms. The first-order valence-corrected chi connectivity index (χ1v) is 12.1. The van der Waals surface area contributed by atoms with Crippen LogP contribution in [-0.2, 0) is 11.3 Å². The summed E-state index contributed by atoms with van der Waals surface area (Å²) in [6, 6.07) is 18.8. The summed E-state index contributed by atoms with van der Waals surface area (Å²) >= 11 is 0. The van der Waals surface area contributed by atoms with E-state index in [1.165, 1.54) is 30.2 Å². The molecule has 0 fully saturated rings. The van der Waals surface area contributed by atoms with Crippen molar-refractivity contribution in [3.8, 4) is 11.4 Å². The van der Waals surface area contributed by atoms with Crippen LogP contribution in [0.1, 0.15) is 36.7 Å². The van der Waals surface area contributed by atoms with Gasteiger partial charge in [0.1, 0.15) is 18.0 Å². The molecule has 1 aromatic heterocycles. The molecule has 10 nitrogen and oxygen atoms in total. The largest absolute Gasteiger partial charge is 0.494 e. The van der Waals surface area contributed by atoms with Crippen molar-refractivity contribution in [1.29, 1.82) is 0 Å². The molecule has 0 unspecified atom stereocenters. The Bertz CT molecular complexity index is 1540. The molecule has 39 heavy (non-hydrogen) atoms. The van der Waals surface area contributed by atoms with E-state index in [2.05, 4.69) is 10.4 Å². The van der Waals surface area contributed by atoms with Gasteiger partial charge in [0.05, 0.1) is 12.7 Å². The highest BCUT2D eigenvalue weighted by Gasteiger charge is 2.29. The van der Waals surface area contributed by atoms with Gasteiger partial charge in [-0.15, -0.1) is 4.68 Å². The van der Waals surface area contributed by atoms with Crippen LogP contribution in [0.5, 0.6) is 5.75 Å². The van der Waals surface area contributed by atoms with Crippen LogP contribution < -0.4 is 15.3 Å². The zero-order chi connectivity index (χ0) is 28.2. The minimum absolute atomic E-state index is 0.0462. The maximum atomic E-state index is 14.6. The van der Waals surface area contributed by atoms with Gasteiger partial charge in [0, 0.05) is 12.2 Å². The first kappa shape index (κ1) is 27.2. The molecule has 1 heterocycles. The molecule has 0 saturated carbocycles. The van der Waals surface area contributed by atoms with Crippen LogP contribution in [0.3, 0.4) is 0 Å². The lowest BCUT2D eigenvalue weighted by molar-refractivity contribution is 0.0472. The van der Waals surface area contributed by atoms with Crippen LogP contribution in [0.2, 0.25) is 0 Å². The number of carbonyl (C=O) groups excluding carboxylic acids is 2. The highest BCUT2D eigenvalue weighted by atomic mass is 19.1. The highest BCUT2D eigenvalue weighted by Crippen LogP contribution is 2.25. The zero-order valence-electron chi connectivity index (χ0n) is 22.0. The van der Waals surface area contributed by atoms with Gasteiger partial charge >= 0.3 is 17.7 Å². The van der Waals surface area contributed by atoms with E-state index in [0.29, 0.717) is 15.1 Å². The maximum Gasteiger partial charge on any atom is 0.377 e. The number of ether oxygens (including phenoxy) is 2. The number of hydrogen-bond acceptors (Lipinski definition) is 7. The van der Waals surface area contributed by atoms with Crippen molar-refractivity contribution in [2.24, 2.45) is 5.41 Å². The summed E-state index contributed by atoms with van der Waals surface area (Å²) in [5.41, 5.74) is -0.263. The summed E-state index contributed by atoms with van der Waals surface area (Å²) < 4.78 is 26.4. The Morgan fingerprint density at radius 2 is 1.69 bits per heavy atom. The first-order chi connectivity index (χ1) is 18.6. The van der Waals surface area contributed by atoms with Gasteiger partial charge in [0.2, 0.25) is 0 Å². The summed E-state index contributed by atoms with van der Waals surface area (Å²) in [6.45, 7) is 5.99. The molecule has 0 atom stereocenters. The molecule has 1 amide bonds. The molecular formula is C28H28FN5O5. The van der Waals surface area contributed by atoms with Gasteiger partial charge in [-0.25, -0.2) is 18.8 Å². The molecule has 4 aromatic rings. The summed E-state index contributed by atoms with van der Waals surface area (Å²) in [6.07, 6.45) is 0. The Morgan fingerprint density at radius 1 is 0.974 bits per heavy atom. The highest BCUT2D eigenvalue weighted by molar-refractivity contribution is 5.96. The van der Waals surface area contributed by atoms with Crippen LogP contribution in [0, 0.1) is 11.2 Å². The van der Waals surface area contributed by atoms with Crippen molar-refractivity contribution in [2.75, 3.05) is 18.6 Å². The van der Waals surface area contributed by atoms with E-state index in [-0.39, 0.29) is 30.2 Å². The van der Waals surface area contributed by atoms with Crippen LogP contribution in [0.15, 0.2) is 77.6 Å².